The number of benzene rings is 1. The van der Waals surface area contributed by atoms with Gasteiger partial charge in [-0.15, -0.1) is 0 Å². The third kappa shape index (κ3) is 1.96. The standard InChI is InChI=1S/C13H12N2O/c14-9-11(12-7-4-8-15-12)13(16)10-5-2-1-3-6-10/h1-3,5-6,15H,4,7-8H2/b12-11+. The van der Waals surface area contributed by atoms with Gasteiger partial charge < -0.3 is 5.32 Å². The average Bonchev–Trinajstić information content (AvgIpc) is 2.85. The zero-order valence-corrected chi connectivity index (χ0v) is 8.86. The van der Waals surface area contributed by atoms with Gasteiger partial charge in [-0.25, -0.2) is 0 Å². The molecule has 1 aromatic rings. The predicted molar refractivity (Wildman–Crippen MR) is 60.6 cm³/mol. The highest BCUT2D eigenvalue weighted by Crippen LogP contribution is 2.17. The zero-order valence-electron chi connectivity index (χ0n) is 8.86. The maximum absolute atomic E-state index is 12.0. The molecule has 0 atom stereocenters. The van der Waals surface area contributed by atoms with E-state index in [2.05, 4.69) is 5.32 Å². The summed E-state index contributed by atoms with van der Waals surface area (Å²) < 4.78 is 0. The number of allylic oxidation sites excluding steroid dienone is 2. The zero-order chi connectivity index (χ0) is 11.4. The van der Waals surface area contributed by atoms with Crippen molar-refractivity contribution in [3.63, 3.8) is 0 Å². The van der Waals surface area contributed by atoms with Gasteiger partial charge in [0.1, 0.15) is 11.6 Å². The van der Waals surface area contributed by atoms with Gasteiger partial charge in [0.05, 0.1) is 0 Å². The maximum atomic E-state index is 12.0. The summed E-state index contributed by atoms with van der Waals surface area (Å²) in [5, 5.41) is 12.1. The molecule has 3 heteroatoms. The second kappa shape index (κ2) is 4.63. The van der Waals surface area contributed by atoms with Crippen LogP contribution in [0.15, 0.2) is 41.6 Å². The topological polar surface area (TPSA) is 52.9 Å². The van der Waals surface area contributed by atoms with Crippen LogP contribution in [0.1, 0.15) is 23.2 Å². The minimum absolute atomic E-state index is 0.187. The molecule has 2 rings (SSSR count). The number of Topliss-reactive ketones (excluding diaryl/α,β-unsaturated/α-hetero) is 1. The summed E-state index contributed by atoms with van der Waals surface area (Å²) in [6, 6.07) is 10.9. The normalized spacial score (nSPS) is 17.4. The summed E-state index contributed by atoms with van der Waals surface area (Å²) in [4.78, 5) is 12.0. The molecular formula is C13H12N2O. The van der Waals surface area contributed by atoms with Crippen molar-refractivity contribution in [2.45, 2.75) is 12.8 Å². The molecule has 80 valence electrons. The van der Waals surface area contributed by atoms with Crippen molar-refractivity contribution >= 4 is 5.78 Å². The molecule has 16 heavy (non-hydrogen) atoms. The molecule has 1 aliphatic heterocycles. The summed E-state index contributed by atoms with van der Waals surface area (Å²) in [6.45, 7) is 0.850. The molecule has 0 radical (unpaired) electrons. The van der Waals surface area contributed by atoms with E-state index < -0.39 is 0 Å². The van der Waals surface area contributed by atoms with Crippen LogP contribution in [0.5, 0.6) is 0 Å². The minimum Gasteiger partial charge on any atom is -0.387 e. The van der Waals surface area contributed by atoms with E-state index in [0.717, 1.165) is 25.1 Å². The quantitative estimate of drug-likeness (QED) is 0.463. The van der Waals surface area contributed by atoms with E-state index in [1.807, 2.05) is 12.1 Å². The number of hydrogen-bond acceptors (Lipinski definition) is 3. The largest absolute Gasteiger partial charge is 0.387 e. The van der Waals surface area contributed by atoms with Crippen molar-refractivity contribution in [1.29, 1.82) is 5.26 Å². The summed E-state index contributed by atoms with van der Waals surface area (Å²) in [6.07, 6.45) is 1.78. The highest BCUT2D eigenvalue weighted by atomic mass is 16.1. The highest BCUT2D eigenvalue weighted by Gasteiger charge is 2.19. The van der Waals surface area contributed by atoms with Crippen molar-refractivity contribution in [3.05, 3.63) is 47.2 Å². The lowest BCUT2D eigenvalue weighted by Gasteiger charge is -2.03. The van der Waals surface area contributed by atoms with E-state index in [1.165, 1.54) is 0 Å². The molecule has 1 aromatic carbocycles. The number of carbonyl (C=O) groups excluding carboxylic acids is 1. The Labute approximate surface area is 94.4 Å². The second-order valence-electron chi connectivity index (χ2n) is 3.69. The highest BCUT2D eigenvalue weighted by molar-refractivity contribution is 6.11. The van der Waals surface area contributed by atoms with Gasteiger partial charge in [0.2, 0.25) is 5.78 Å². The first-order valence-electron chi connectivity index (χ1n) is 5.30. The monoisotopic (exact) mass is 212 g/mol. The average molecular weight is 212 g/mol. The van der Waals surface area contributed by atoms with Gasteiger partial charge in [0.25, 0.3) is 0 Å². The van der Waals surface area contributed by atoms with E-state index in [1.54, 1.807) is 24.3 Å². The van der Waals surface area contributed by atoms with Crippen LogP contribution in [0.2, 0.25) is 0 Å². The van der Waals surface area contributed by atoms with Crippen LogP contribution in [0.25, 0.3) is 0 Å². The molecule has 0 saturated carbocycles. The molecule has 0 amide bonds. The van der Waals surface area contributed by atoms with Gasteiger partial charge in [-0.1, -0.05) is 30.3 Å². The van der Waals surface area contributed by atoms with Gasteiger partial charge in [-0.05, 0) is 12.8 Å². The third-order valence-corrected chi connectivity index (χ3v) is 2.62. The van der Waals surface area contributed by atoms with Crippen LogP contribution >= 0.6 is 0 Å². The Morgan fingerprint density at radius 2 is 2.06 bits per heavy atom. The van der Waals surface area contributed by atoms with Crippen LogP contribution in [0.4, 0.5) is 0 Å². The van der Waals surface area contributed by atoms with Gasteiger partial charge in [0, 0.05) is 17.8 Å². The van der Waals surface area contributed by atoms with Crippen LogP contribution in [-0.2, 0) is 0 Å². The summed E-state index contributed by atoms with van der Waals surface area (Å²) in [5.74, 6) is -0.187. The third-order valence-electron chi connectivity index (χ3n) is 2.62. The molecule has 1 heterocycles. The number of nitriles is 1. The maximum Gasteiger partial charge on any atom is 0.205 e. The molecule has 1 N–H and O–H groups in total. The van der Waals surface area contributed by atoms with Gasteiger partial charge in [-0.3, -0.25) is 4.79 Å². The van der Waals surface area contributed by atoms with Crippen molar-refractivity contribution < 1.29 is 4.79 Å². The first kappa shape index (κ1) is 10.4. The lowest BCUT2D eigenvalue weighted by atomic mass is 10.0. The van der Waals surface area contributed by atoms with Crippen molar-refractivity contribution in [2.75, 3.05) is 6.54 Å². The lowest BCUT2D eigenvalue weighted by Crippen LogP contribution is -2.12. The number of hydrogen-bond donors (Lipinski definition) is 1. The Bertz CT molecular complexity index is 460. The number of rotatable bonds is 2. The fourth-order valence-corrected chi connectivity index (χ4v) is 1.80. The molecular weight excluding hydrogens is 200 g/mol. The Balaban J connectivity index is 2.34. The molecule has 1 aliphatic rings. The minimum atomic E-state index is -0.187. The smallest absolute Gasteiger partial charge is 0.205 e. The first-order valence-corrected chi connectivity index (χ1v) is 5.30. The fraction of sp³-hybridized carbons (Fsp3) is 0.231. The van der Waals surface area contributed by atoms with Crippen LogP contribution in [0, 0.1) is 11.3 Å². The lowest BCUT2D eigenvalue weighted by molar-refractivity contribution is 0.103. The Kier molecular flexibility index (Phi) is 3.02. The number of nitrogens with zero attached hydrogens (tertiary/aromatic N) is 1. The first-order chi connectivity index (χ1) is 7.83. The second-order valence-corrected chi connectivity index (χ2v) is 3.69. The van der Waals surface area contributed by atoms with Gasteiger partial charge in [-0.2, -0.15) is 5.26 Å². The Morgan fingerprint density at radius 1 is 1.31 bits per heavy atom. The number of nitrogens with one attached hydrogen (secondary N) is 1. The molecule has 0 unspecified atom stereocenters. The van der Waals surface area contributed by atoms with E-state index >= 15 is 0 Å². The molecule has 0 spiro atoms. The summed E-state index contributed by atoms with van der Waals surface area (Å²) in [7, 11) is 0. The van der Waals surface area contributed by atoms with E-state index in [4.69, 9.17) is 5.26 Å². The predicted octanol–water partition coefficient (Wildman–Crippen LogP) is 2.03. The van der Waals surface area contributed by atoms with Crippen LogP contribution < -0.4 is 5.32 Å². The molecule has 3 nitrogen and oxygen atoms in total. The summed E-state index contributed by atoms with van der Waals surface area (Å²) >= 11 is 0. The fourth-order valence-electron chi connectivity index (χ4n) is 1.80. The van der Waals surface area contributed by atoms with Gasteiger partial charge in [0.15, 0.2) is 0 Å². The van der Waals surface area contributed by atoms with E-state index in [9.17, 15) is 4.79 Å². The summed E-state index contributed by atoms with van der Waals surface area (Å²) in [5.41, 5.74) is 1.61. The molecule has 0 aromatic heterocycles. The Hall–Kier alpha value is -2.08. The SMILES string of the molecule is N#C/C(C(=O)c1ccccc1)=C1/CCCN1. The van der Waals surface area contributed by atoms with E-state index in [0.29, 0.717) is 5.56 Å². The van der Waals surface area contributed by atoms with Crippen LogP contribution in [0.3, 0.4) is 0 Å². The molecule has 0 aliphatic carbocycles. The van der Waals surface area contributed by atoms with Crippen LogP contribution in [-0.4, -0.2) is 12.3 Å². The molecule has 0 bridgehead atoms. The van der Waals surface area contributed by atoms with Crippen molar-refractivity contribution in [3.8, 4) is 6.07 Å². The van der Waals surface area contributed by atoms with Gasteiger partial charge >= 0.3 is 0 Å². The molecule has 1 saturated heterocycles. The molecule has 1 fully saturated rings. The number of carbonyl (C=O) groups is 1. The number of ketones is 1. The van der Waals surface area contributed by atoms with Crippen molar-refractivity contribution in [1.82, 2.24) is 5.32 Å². The Morgan fingerprint density at radius 3 is 2.62 bits per heavy atom. The van der Waals surface area contributed by atoms with Crippen molar-refractivity contribution in [2.24, 2.45) is 0 Å². The van der Waals surface area contributed by atoms with E-state index in [-0.39, 0.29) is 11.4 Å².